The molecule has 572 valence electrons. The molecule has 3 heteroatoms. The molecule has 0 saturated heterocycles. The number of hydrogen-bond acceptors (Lipinski definition) is 3. The normalized spacial score (nSPS) is 24.5. The Morgan fingerprint density at radius 1 is 0.298 bits per heavy atom. The van der Waals surface area contributed by atoms with Crippen molar-refractivity contribution in [3.63, 3.8) is 0 Å². The Balaban J connectivity index is 0.891. The second kappa shape index (κ2) is 24.4. The highest BCUT2D eigenvalue weighted by Gasteiger charge is 2.70. The van der Waals surface area contributed by atoms with E-state index < -0.39 is 0 Å². The number of para-hydroxylation sites is 3. The van der Waals surface area contributed by atoms with Crippen LogP contribution in [0.15, 0.2) is 261 Å². The average Bonchev–Trinajstić information content (AvgIpc) is 1.51. The molecule has 0 radical (unpaired) electrons. The van der Waals surface area contributed by atoms with Crippen LogP contribution in [-0.4, -0.2) is 16.6 Å². The smallest absolute Gasteiger partial charge is 0.0528 e. The number of rotatable bonds is 13. The van der Waals surface area contributed by atoms with Gasteiger partial charge < -0.3 is 14.7 Å². The van der Waals surface area contributed by atoms with Crippen LogP contribution >= 0.6 is 0 Å². The summed E-state index contributed by atoms with van der Waals surface area (Å²) in [5.41, 5.74) is 23.8. The molecule has 15 aromatic rings. The molecule has 114 heavy (non-hydrogen) atoms. The molecule has 5 aliphatic rings. The zero-order valence-corrected chi connectivity index (χ0v) is 70.8. The lowest BCUT2D eigenvalue weighted by Crippen LogP contribution is -2.65. The maximum atomic E-state index is 2.77. The van der Waals surface area contributed by atoms with Crippen LogP contribution in [0.5, 0.6) is 0 Å². The van der Waals surface area contributed by atoms with Crippen molar-refractivity contribution in [1.82, 2.24) is 0 Å². The Morgan fingerprint density at radius 3 is 1.08 bits per heavy atom. The van der Waals surface area contributed by atoms with Crippen molar-refractivity contribution in [2.45, 2.75) is 209 Å². The topological polar surface area (TPSA) is 9.72 Å². The Labute approximate surface area is 678 Å². The number of anilines is 6. The molecule has 3 nitrogen and oxygen atoms in total. The van der Waals surface area contributed by atoms with E-state index in [0.29, 0.717) is 0 Å². The van der Waals surface area contributed by atoms with Crippen molar-refractivity contribution in [3.05, 3.63) is 278 Å². The number of hydrogen-bond donors (Lipinski definition) is 0. The fourth-order valence-corrected chi connectivity index (χ4v) is 27.6. The fraction of sp³-hybridized carbons (Fsp3) is 0.333. The van der Waals surface area contributed by atoms with E-state index in [0.717, 1.165) is 51.4 Å². The molecule has 3 aliphatic heterocycles. The van der Waals surface area contributed by atoms with Crippen LogP contribution in [0.2, 0.25) is 0 Å². The largest absolute Gasteiger partial charge is 0.334 e. The van der Waals surface area contributed by atoms with Crippen LogP contribution in [-0.2, 0) is 16.2 Å². The second-order valence-electron chi connectivity index (χ2n) is 40.5. The highest BCUT2D eigenvalue weighted by molar-refractivity contribution is 6.48. The molecular formula is C111H113N3. The van der Waals surface area contributed by atoms with Gasteiger partial charge >= 0.3 is 0 Å². The van der Waals surface area contributed by atoms with Gasteiger partial charge in [-0.25, -0.2) is 0 Å². The molecule has 6 atom stereocenters. The molecule has 0 bridgehead atoms. The third kappa shape index (κ3) is 9.39. The lowest BCUT2D eigenvalue weighted by atomic mass is 9.45. The monoisotopic (exact) mass is 1490 g/mol. The standard InChI is InChI=1S/C111H113N3/c1-19-61-103(7,8)109(16)86-64-73(50-59-89(86)112(106(109,13)62-20-2)75-41-30-23-31-42-75)79-53-57-85-96-84(56-54-80(95(79)96)74-51-60-91-88(65-74)111(18)105(11,12)67-102(5,6)69-108(111,15)114(91)77-45-34-25-35-46-77)99-92(70-37-26-21-27-38-70)97-82-48-36-47-81-78(52-55-83(94(81)82)98(97)93(100(85)99)71-39-28-22-29-40-71)72-49-58-90-87(63-72)110(17)104(9,10)66-101(3,4)68-107(110,14)113(90)76-43-32-24-33-44-76/h21-60,63-65H,19-20,61-62,66-69H2,1-18H3. The van der Waals surface area contributed by atoms with E-state index in [-0.39, 0.29) is 59.9 Å². The van der Waals surface area contributed by atoms with Gasteiger partial charge in [-0.1, -0.05) is 305 Å². The number of nitrogens with zero attached hydrogens (tertiary/aromatic N) is 3. The summed E-state index contributed by atoms with van der Waals surface area (Å²) in [7, 11) is 0. The molecule has 6 unspecified atom stereocenters. The minimum atomic E-state index is -0.249. The summed E-state index contributed by atoms with van der Waals surface area (Å²) >= 11 is 0. The summed E-state index contributed by atoms with van der Waals surface area (Å²) in [6, 6.07) is 103. The molecule has 0 amide bonds. The van der Waals surface area contributed by atoms with Crippen molar-refractivity contribution < 1.29 is 0 Å². The molecule has 20 rings (SSSR count). The Kier molecular flexibility index (Phi) is 15.6. The first kappa shape index (κ1) is 72.7. The van der Waals surface area contributed by atoms with E-state index in [9.17, 15) is 0 Å². The van der Waals surface area contributed by atoms with Gasteiger partial charge in [0.1, 0.15) is 0 Å². The van der Waals surface area contributed by atoms with Crippen LogP contribution in [0, 0.1) is 27.1 Å². The summed E-state index contributed by atoms with van der Waals surface area (Å²) in [6.07, 6.45) is 8.81. The Bertz CT molecular complexity index is 6310. The minimum absolute atomic E-state index is 0.00673. The summed E-state index contributed by atoms with van der Waals surface area (Å²) in [6.45, 7) is 46.0. The van der Waals surface area contributed by atoms with Gasteiger partial charge in [0.25, 0.3) is 0 Å². The molecule has 2 fully saturated rings. The lowest BCUT2D eigenvalue weighted by molar-refractivity contribution is -0.0239. The summed E-state index contributed by atoms with van der Waals surface area (Å²) in [5, 5.41) is 15.8. The van der Waals surface area contributed by atoms with E-state index in [1.54, 1.807) is 0 Å². The van der Waals surface area contributed by atoms with Gasteiger partial charge in [0, 0.05) is 50.4 Å². The van der Waals surface area contributed by atoms with E-state index >= 15 is 0 Å². The predicted molar refractivity (Wildman–Crippen MR) is 491 cm³/mol. The molecule has 2 aliphatic carbocycles. The average molecular weight is 1490 g/mol. The summed E-state index contributed by atoms with van der Waals surface area (Å²) in [4.78, 5) is 8.28. The van der Waals surface area contributed by atoms with Crippen LogP contribution < -0.4 is 14.7 Å². The highest BCUT2D eigenvalue weighted by atomic mass is 15.3. The van der Waals surface area contributed by atoms with E-state index in [4.69, 9.17) is 0 Å². The lowest BCUT2D eigenvalue weighted by Gasteiger charge is -2.62. The molecule has 2 saturated carbocycles. The quantitative estimate of drug-likeness (QED) is 0.114. The van der Waals surface area contributed by atoms with E-state index in [1.807, 2.05) is 0 Å². The van der Waals surface area contributed by atoms with Crippen molar-refractivity contribution in [2.75, 3.05) is 14.7 Å². The second-order valence-corrected chi connectivity index (χ2v) is 40.5. The third-order valence-electron chi connectivity index (χ3n) is 32.1. The molecule has 3 heterocycles. The third-order valence-corrected chi connectivity index (χ3v) is 32.1. The van der Waals surface area contributed by atoms with E-state index in [1.165, 1.54) is 171 Å². The van der Waals surface area contributed by atoms with Gasteiger partial charge in [-0.05, 0) is 296 Å². The zero-order valence-electron chi connectivity index (χ0n) is 70.8. The maximum absolute atomic E-state index is 2.77. The molecule has 15 aromatic carbocycles. The Hall–Kier alpha value is -10.2. The van der Waals surface area contributed by atoms with Crippen LogP contribution in [0.4, 0.5) is 34.1 Å². The molecule has 0 aromatic heterocycles. The number of fused-ring (bicyclic) bond motifs is 13. The van der Waals surface area contributed by atoms with Crippen molar-refractivity contribution in [3.8, 4) is 55.6 Å². The minimum Gasteiger partial charge on any atom is -0.334 e. The number of benzene rings is 13. The van der Waals surface area contributed by atoms with Gasteiger partial charge in [0.2, 0.25) is 0 Å². The molecule has 0 N–H and O–H groups in total. The van der Waals surface area contributed by atoms with Crippen molar-refractivity contribution in [2.24, 2.45) is 27.1 Å². The van der Waals surface area contributed by atoms with Crippen molar-refractivity contribution >= 4 is 98.8 Å². The van der Waals surface area contributed by atoms with E-state index in [2.05, 4.69) is 400 Å². The van der Waals surface area contributed by atoms with Gasteiger partial charge in [-0.15, -0.1) is 0 Å². The fourth-order valence-electron chi connectivity index (χ4n) is 27.6. The Morgan fingerprint density at radius 2 is 0.658 bits per heavy atom. The maximum Gasteiger partial charge on any atom is 0.0528 e. The van der Waals surface area contributed by atoms with Gasteiger partial charge in [-0.3, -0.25) is 0 Å². The molecular weight excluding hydrogens is 1380 g/mol. The van der Waals surface area contributed by atoms with Crippen molar-refractivity contribution in [1.29, 1.82) is 0 Å². The highest BCUT2D eigenvalue weighted by Crippen LogP contribution is 2.73. The van der Waals surface area contributed by atoms with Crippen LogP contribution in [0.3, 0.4) is 0 Å². The first-order chi connectivity index (χ1) is 54.4. The summed E-state index contributed by atoms with van der Waals surface area (Å²) in [5.74, 6) is 0. The molecule has 0 spiro atoms. The van der Waals surface area contributed by atoms with Crippen LogP contribution in [0.1, 0.15) is 193 Å². The zero-order chi connectivity index (χ0) is 79.2. The summed E-state index contributed by atoms with van der Waals surface area (Å²) < 4.78 is 0. The van der Waals surface area contributed by atoms with Gasteiger partial charge in [0.15, 0.2) is 0 Å². The predicted octanol–water partition coefficient (Wildman–Crippen LogP) is 31.6. The SMILES string of the molecule is CCCC(C)(C)C1(C)c2cc(-c3ccc4c5c(-c6ccccc6)c6c7ccc(-c8ccc9c(c8)C8(C)C(C)(C)CC(C)(C)CC8(C)N9c8ccccc8)c8cccc(c6c(-c6ccccc6)c5c5ccc(-c6ccc9c(c6)C6(C)C(C)(C)CC(C)(C)CC6(C)N9c6ccccc6)c3c54)c87)ccc2N(c2ccccc2)C1(C)CCC. The van der Waals surface area contributed by atoms with Gasteiger partial charge in [-0.2, -0.15) is 0 Å². The van der Waals surface area contributed by atoms with Crippen LogP contribution in [0.25, 0.3) is 120 Å². The first-order valence-electron chi connectivity index (χ1n) is 43.0. The first-order valence-corrected chi connectivity index (χ1v) is 43.0. The van der Waals surface area contributed by atoms with Gasteiger partial charge in [0.05, 0.1) is 16.6 Å².